The molecule has 0 amide bonds. The second-order valence-corrected chi connectivity index (χ2v) is 7.74. The molecular weight excluding hydrogens is 324 g/mol. The summed E-state index contributed by atoms with van der Waals surface area (Å²) in [6.45, 7) is 5.76. The molecule has 1 aromatic rings. The third kappa shape index (κ3) is 4.08. The van der Waals surface area contributed by atoms with Crippen molar-refractivity contribution in [3.8, 4) is 0 Å². The van der Waals surface area contributed by atoms with E-state index in [0.717, 1.165) is 19.0 Å². The summed E-state index contributed by atoms with van der Waals surface area (Å²) < 4.78 is 1.19. The molecule has 2 fully saturated rings. The van der Waals surface area contributed by atoms with Crippen molar-refractivity contribution in [1.82, 2.24) is 10.2 Å². The van der Waals surface area contributed by atoms with Crippen LogP contribution >= 0.6 is 15.9 Å². The van der Waals surface area contributed by atoms with Gasteiger partial charge in [-0.25, -0.2) is 0 Å². The second kappa shape index (κ2) is 7.26. The van der Waals surface area contributed by atoms with Gasteiger partial charge in [-0.3, -0.25) is 4.90 Å². The van der Waals surface area contributed by atoms with Crippen molar-refractivity contribution in [3.63, 3.8) is 0 Å². The third-order valence-electron chi connectivity index (χ3n) is 5.22. The lowest BCUT2D eigenvalue weighted by Gasteiger charge is -2.43. The Balaban J connectivity index is 1.63. The molecule has 1 aliphatic carbocycles. The average molecular weight is 351 g/mol. The molecule has 0 spiro atoms. The Kier molecular flexibility index (Phi) is 5.36. The molecule has 3 rings (SSSR count). The van der Waals surface area contributed by atoms with Crippen molar-refractivity contribution in [2.75, 3.05) is 13.1 Å². The molecule has 2 nitrogen and oxygen atoms in total. The molecule has 1 saturated carbocycles. The lowest BCUT2D eigenvalue weighted by Crippen LogP contribution is -2.57. The van der Waals surface area contributed by atoms with Gasteiger partial charge in [0.15, 0.2) is 0 Å². The fraction of sp³-hybridized carbons (Fsp3) is 0.667. The molecule has 0 radical (unpaired) electrons. The highest BCUT2D eigenvalue weighted by atomic mass is 79.9. The van der Waals surface area contributed by atoms with Gasteiger partial charge in [0.1, 0.15) is 0 Å². The van der Waals surface area contributed by atoms with Gasteiger partial charge in [-0.05, 0) is 43.4 Å². The molecule has 1 saturated heterocycles. The van der Waals surface area contributed by atoms with E-state index in [-0.39, 0.29) is 0 Å². The molecule has 3 heteroatoms. The molecule has 0 bridgehead atoms. The zero-order valence-corrected chi connectivity index (χ0v) is 14.6. The number of hydrogen-bond donors (Lipinski definition) is 1. The molecular formula is C18H27BrN2. The summed E-state index contributed by atoms with van der Waals surface area (Å²) >= 11 is 3.59. The molecule has 2 atom stereocenters. The van der Waals surface area contributed by atoms with E-state index in [1.807, 2.05) is 0 Å². The van der Waals surface area contributed by atoms with E-state index in [2.05, 4.69) is 57.3 Å². The fourth-order valence-electron chi connectivity index (χ4n) is 3.89. The number of nitrogens with zero attached hydrogens (tertiary/aromatic N) is 1. The van der Waals surface area contributed by atoms with Gasteiger partial charge in [0, 0.05) is 36.2 Å². The maximum atomic E-state index is 3.81. The van der Waals surface area contributed by atoms with Crippen molar-refractivity contribution in [2.45, 2.75) is 57.7 Å². The van der Waals surface area contributed by atoms with Gasteiger partial charge in [0.05, 0.1) is 0 Å². The van der Waals surface area contributed by atoms with Crippen LogP contribution in [0.3, 0.4) is 0 Å². The quantitative estimate of drug-likeness (QED) is 0.878. The Morgan fingerprint density at radius 2 is 2.05 bits per heavy atom. The summed E-state index contributed by atoms with van der Waals surface area (Å²) in [5.74, 6) is 0.899. The molecule has 1 N–H and O–H groups in total. The normalized spacial score (nSPS) is 28.7. The van der Waals surface area contributed by atoms with Crippen LogP contribution in [0.15, 0.2) is 28.7 Å². The fourth-order valence-corrected chi connectivity index (χ4v) is 4.34. The van der Waals surface area contributed by atoms with Crippen molar-refractivity contribution in [1.29, 1.82) is 0 Å². The highest BCUT2D eigenvalue weighted by Crippen LogP contribution is 2.29. The van der Waals surface area contributed by atoms with Gasteiger partial charge in [-0.1, -0.05) is 47.3 Å². The van der Waals surface area contributed by atoms with Crippen molar-refractivity contribution in [2.24, 2.45) is 5.92 Å². The Hall–Kier alpha value is -0.380. The first kappa shape index (κ1) is 15.5. The molecule has 116 valence electrons. The van der Waals surface area contributed by atoms with Gasteiger partial charge in [-0.2, -0.15) is 0 Å². The number of benzene rings is 1. The van der Waals surface area contributed by atoms with E-state index in [9.17, 15) is 0 Å². The lowest BCUT2D eigenvalue weighted by molar-refractivity contribution is 0.0981. The van der Waals surface area contributed by atoms with Gasteiger partial charge in [0.25, 0.3) is 0 Å². The Morgan fingerprint density at radius 3 is 2.81 bits per heavy atom. The minimum absolute atomic E-state index is 0.629. The maximum Gasteiger partial charge on any atom is 0.0238 e. The highest BCUT2D eigenvalue weighted by Gasteiger charge is 2.30. The van der Waals surface area contributed by atoms with Gasteiger partial charge >= 0.3 is 0 Å². The molecule has 1 aromatic carbocycles. The zero-order chi connectivity index (χ0) is 14.7. The number of nitrogens with one attached hydrogen (secondary N) is 1. The van der Waals surface area contributed by atoms with Crippen LogP contribution in [0, 0.1) is 5.92 Å². The summed E-state index contributed by atoms with van der Waals surface area (Å²) in [5.41, 5.74) is 1.42. The van der Waals surface area contributed by atoms with E-state index in [4.69, 9.17) is 0 Å². The lowest BCUT2D eigenvalue weighted by atomic mass is 9.82. The summed E-state index contributed by atoms with van der Waals surface area (Å²) in [4.78, 5) is 2.66. The predicted octanol–water partition coefficient (Wildman–Crippen LogP) is 4.19. The number of piperazine rings is 1. The summed E-state index contributed by atoms with van der Waals surface area (Å²) in [5, 5.41) is 3.81. The molecule has 1 aliphatic heterocycles. The summed E-state index contributed by atoms with van der Waals surface area (Å²) in [6.07, 6.45) is 7.17. The van der Waals surface area contributed by atoms with Crippen LogP contribution in [0.4, 0.5) is 0 Å². The molecule has 21 heavy (non-hydrogen) atoms. The van der Waals surface area contributed by atoms with Gasteiger partial charge in [-0.15, -0.1) is 0 Å². The molecule has 2 aliphatic rings. The first-order valence-corrected chi connectivity index (χ1v) is 9.23. The zero-order valence-electron chi connectivity index (χ0n) is 13.0. The number of rotatable bonds is 3. The van der Waals surface area contributed by atoms with E-state index >= 15 is 0 Å². The highest BCUT2D eigenvalue weighted by molar-refractivity contribution is 9.10. The van der Waals surface area contributed by atoms with Gasteiger partial charge < -0.3 is 5.32 Å². The summed E-state index contributed by atoms with van der Waals surface area (Å²) in [7, 11) is 0. The van der Waals surface area contributed by atoms with Crippen LogP contribution in [-0.4, -0.2) is 30.1 Å². The van der Waals surface area contributed by atoms with E-state index < -0.39 is 0 Å². The minimum Gasteiger partial charge on any atom is -0.311 e. The van der Waals surface area contributed by atoms with Gasteiger partial charge in [0.2, 0.25) is 0 Å². The van der Waals surface area contributed by atoms with E-state index in [0.29, 0.717) is 12.1 Å². The standard InChI is InChI=1S/C18H27BrN2/c1-14-11-20-18(16-7-3-2-4-8-16)13-21(14)12-15-6-5-9-17(19)10-15/h5-6,9-10,14,16,18,20H,2-4,7-8,11-13H2,1H3. The van der Waals surface area contributed by atoms with Crippen molar-refractivity contribution >= 4 is 15.9 Å². The van der Waals surface area contributed by atoms with Crippen molar-refractivity contribution < 1.29 is 0 Å². The van der Waals surface area contributed by atoms with E-state index in [1.165, 1.54) is 48.7 Å². The monoisotopic (exact) mass is 350 g/mol. The van der Waals surface area contributed by atoms with Crippen molar-refractivity contribution in [3.05, 3.63) is 34.3 Å². The number of hydrogen-bond acceptors (Lipinski definition) is 2. The smallest absolute Gasteiger partial charge is 0.0238 e. The molecule has 2 unspecified atom stereocenters. The minimum atomic E-state index is 0.629. The molecule has 1 heterocycles. The number of halogens is 1. The Labute approximate surface area is 137 Å². The Bertz CT molecular complexity index is 456. The van der Waals surface area contributed by atoms with E-state index in [1.54, 1.807) is 0 Å². The third-order valence-corrected chi connectivity index (χ3v) is 5.72. The second-order valence-electron chi connectivity index (χ2n) is 6.82. The summed E-state index contributed by atoms with van der Waals surface area (Å²) in [6, 6.07) is 10.1. The van der Waals surface area contributed by atoms with Crippen LogP contribution in [0.2, 0.25) is 0 Å². The topological polar surface area (TPSA) is 15.3 Å². The first-order valence-electron chi connectivity index (χ1n) is 8.44. The SMILES string of the molecule is CC1CNC(C2CCCCC2)CN1Cc1cccc(Br)c1. The maximum absolute atomic E-state index is 3.81. The first-order chi connectivity index (χ1) is 10.2. The largest absolute Gasteiger partial charge is 0.311 e. The van der Waals surface area contributed by atoms with Crippen LogP contribution in [-0.2, 0) is 6.54 Å². The Morgan fingerprint density at radius 1 is 1.24 bits per heavy atom. The van der Waals surface area contributed by atoms with Crippen LogP contribution < -0.4 is 5.32 Å². The average Bonchev–Trinajstić information content (AvgIpc) is 2.50. The van der Waals surface area contributed by atoms with Crippen LogP contribution in [0.1, 0.15) is 44.6 Å². The van der Waals surface area contributed by atoms with Crippen LogP contribution in [0.5, 0.6) is 0 Å². The van der Waals surface area contributed by atoms with Crippen LogP contribution in [0.25, 0.3) is 0 Å². The predicted molar refractivity (Wildman–Crippen MR) is 92.4 cm³/mol. The molecule has 0 aromatic heterocycles.